The molecule has 0 spiro atoms. The number of aromatic nitrogens is 1. The first-order valence-electron chi connectivity index (χ1n) is 7.33. The van der Waals surface area contributed by atoms with E-state index in [9.17, 15) is 13.2 Å². The molecule has 0 amide bonds. The highest BCUT2D eigenvalue weighted by atomic mass is 32.2. The largest absolute Gasteiger partial charge is 0.478 e. The first-order valence-corrected chi connectivity index (χ1v) is 8.77. The van der Waals surface area contributed by atoms with Crippen LogP contribution in [0.5, 0.6) is 0 Å². The monoisotopic (exact) mass is 346 g/mol. The smallest absolute Gasteiger partial charge is 0.328 e. The fourth-order valence-electron chi connectivity index (χ4n) is 2.13. The highest BCUT2D eigenvalue weighted by molar-refractivity contribution is 7.89. The van der Waals surface area contributed by atoms with Crippen molar-refractivity contribution in [3.8, 4) is 0 Å². The summed E-state index contributed by atoms with van der Waals surface area (Å²) in [6.45, 7) is 2.38. The maximum atomic E-state index is 12.7. The molecule has 24 heavy (non-hydrogen) atoms. The third-order valence-electron chi connectivity index (χ3n) is 3.40. The Morgan fingerprint density at radius 2 is 1.79 bits per heavy atom. The number of sulfonamides is 1. The van der Waals surface area contributed by atoms with E-state index < -0.39 is 16.0 Å². The molecule has 6 nitrogen and oxygen atoms in total. The highest BCUT2D eigenvalue weighted by Crippen LogP contribution is 2.19. The minimum atomic E-state index is -3.62. The lowest BCUT2D eigenvalue weighted by Gasteiger charge is -2.20. The molecule has 2 rings (SSSR count). The van der Waals surface area contributed by atoms with Gasteiger partial charge in [0, 0.05) is 31.6 Å². The topological polar surface area (TPSA) is 87.6 Å². The average Bonchev–Trinajstić information content (AvgIpc) is 2.59. The molecule has 0 aliphatic carbocycles. The number of nitrogens with zero attached hydrogens (tertiary/aromatic N) is 2. The Morgan fingerprint density at radius 3 is 2.33 bits per heavy atom. The number of hydrogen-bond acceptors (Lipinski definition) is 4. The predicted molar refractivity (Wildman–Crippen MR) is 90.6 cm³/mol. The predicted octanol–water partition coefficient (Wildman–Crippen LogP) is 2.39. The Kier molecular flexibility index (Phi) is 5.83. The fourth-order valence-corrected chi connectivity index (χ4v) is 3.56. The Hall–Kier alpha value is -2.51. The summed E-state index contributed by atoms with van der Waals surface area (Å²) >= 11 is 0. The van der Waals surface area contributed by atoms with Gasteiger partial charge in [0.25, 0.3) is 0 Å². The molecule has 0 atom stereocenters. The van der Waals surface area contributed by atoms with E-state index in [1.165, 1.54) is 22.5 Å². The molecule has 0 unspecified atom stereocenters. The molecule has 0 fully saturated rings. The van der Waals surface area contributed by atoms with Crippen molar-refractivity contribution in [1.29, 1.82) is 0 Å². The maximum Gasteiger partial charge on any atom is 0.328 e. The van der Waals surface area contributed by atoms with Gasteiger partial charge >= 0.3 is 5.97 Å². The summed E-state index contributed by atoms with van der Waals surface area (Å²) in [7, 11) is -3.62. The zero-order valence-corrected chi connectivity index (χ0v) is 14.0. The van der Waals surface area contributed by atoms with Crippen molar-refractivity contribution in [3.05, 3.63) is 66.0 Å². The maximum absolute atomic E-state index is 12.7. The number of pyridine rings is 1. The molecule has 1 N–H and O–H groups in total. The van der Waals surface area contributed by atoms with Gasteiger partial charge in [0.2, 0.25) is 10.0 Å². The Labute approximate surface area is 141 Å². The standard InChI is InChI=1S/C17H18N2O4S/c1-2-19(13-15-9-11-18-12-10-15)24(22,23)16-6-3-14(4-7-16)5-8-17(20)21/h3-12H,2,13H2,1H3,(H,20,21). The summed E-state index contributed by atoms with van der Waals surface area (Å²) in [5.41, 5.74) is 1.48. The molecule has 126 valence electrons. The first-order chi connectivity index (χ1) is 11.4. The van der Waals surface area contributed by atoms with Crippen LogP contribution in [0.25, 0.3) is 6.08 Å². The van der Waals surface area contributed by atoms with Gasteiger partial charge in [0.15, 0.2) is 0 Å². The second kappa shape index (κ2) is 7.85. The summed E-state index contributed by atoms with van der Waals surface area (Å²) in [6.07, 6.45) is 5.66. The number of rotatable bonds is 7. The van der Waals surface area contributed by atoms with Gasteiger partial charge in [-0.25, -0.2) is 13.2 Å². The van der Waals surface area contributed by atoms with Crippen molar-refractivity contribution in [3.63, 3.8) is 0 Å². The quantitative estimate of drug-likeness (QED) is 0.778. The summed E-state index contributed by atoms with van der Waals surface area (Å²) < 4.78 is 26.9. The summed E-state index contributed by atoms with van der Waals surface area (Å²) in [6, 6.07) is 9.66. The van der Waals surface area contributed by atoms with Gasteiger partial charge in [-0.15, -0.1) is 0 Å². The number of aliphatic carboxylic acids is 1. The lowest BCUT2D eigenvalue weighted by Crippen LogP contribution is -2.30. The van der Waals surface area contributed by atoms with Gasteiger partial charge in [-0.05, 0) is 41.5 Å². The minimum Gasteiger partial charge on any atom is -0.478 e. The second-order valence-corrected chi connectivity index (χ2v) is 6.97. The van der Waals surface area contributed by atoms with Gasteiger partial charge in [-0.2, -0.15) is 4.31 Å². The molecule has 2 aromatic rings. The van der Waals surface area contributed by atoms with Crippen molar-refractivity contribution in [2.75, 3.05) is 6.54 Å². The van der Waals surface area contributed by atoms with Crippen LogP contribution in [0.15, 0.2) is 59.8 Å². The van der Waals surface area contributed by atoms with Crippen molar-refractivity contribution >= 4 is 22.1 Å². The molecular formula is C17H18N2O4S. The fraction of sp³-hybridized carbons (Fsp3) is 0.176. The molecular weight excluding hydrogens is 328 g/mol. The van der Waals surface area contributed by atoms with E-state index >= 15 is 0 Å². The average molecular weight is 346 g/mol. The summed E-state index contributed by atoms with van der Waals surface area (Å²) in [5, 5.41) is 8.61. The molecule has 7 heteroatoms. The van der Waals surface area contributed by atoms with Crippen molar-refractivity contribution in [2.24, 2.45) is 0 Å². The second-order valence-electron chi connectivity index (χ2n) is 5.03. The van der Waals surface area contributed by atoms with E-state index in [1.54, 1.807) is 43.6 Å². The number of benzene rings is 1. The molecule has 1 heterocycles. The van der Waals surface area contributed by atoms with Crippen LogP contribution < -0.4 is 0 Å². The SMILES string of the molecule is CCN(Cc1ccncc1)S(=O)(=O)c1ccc(C=CC(=O)O)cc1. The van der Waals surface area contributed by atoms with Crippen LogP contribution in [0, 0.1) is 0 Å². The molecule has 0 bridgehead atoms. The molecule has 0 aliphatic rings. The van der Waals surface area contributed by atoms with Crippen LogP contribution in [0.1, 0.15) is 18.1 Å². The summed E-state index contributed by atoms with van der Waals surface area (Å²) in [4.78, 5) is 14.6. The van der Waals surface area contributed by atoms with Crippen molar-refractivity contribution in [1.82, 2.24) is 9.29 Å². The van der Waals surface area contributed by atoms with Crippen molar-refractivity contribution < 1.29 is 18.3 Å². The molecule has 0 aliphatic heterocycles. The van der Waals surface area contributed by atoms with Gasteiger partial charge in [0.05, 0.1) is 4.90 Å². The molecule has 1 aromatic heterocycles. The molecule has 0 saturated carbocycles. The van der Waals surface area contributed by atoms with E-state index in [2.05, 4.69) is 4.98 Å². The van der Waals surface area contributed by atoms with Crippen LogP contribution in [0.4, 0.5) is 0 Å². The van der Waals surface area contributed by atoms with Crippen LogP contribution >= 0.6 is 0 Å². The molecule has 0 saturated heterocycles. The van der Waals surface area contributed by atoms with E-state index in [0.29, 0.717) is 12.1 Å². The zero-order chi connectivity index (χ0) is 17.6. The third-order valence-corrected chi connectivity index (χ3v) is 5.33. The van der Waals surface area contributed by atoms with E-state index in [-0.39, 0.29) is 11.4 Å². The Balaban J connectivity index is 2.22. The first kappa shape index (κ1) is 17.8. The number of carboxylic acids is 1. The number of carboxylic acid groups (broad SMARTS) is 1. The van der Waals surface area contributed by atoms with E-state index in [0.717, 1.165) is 11.6 Å². The highest BCUT2D eigenvalue weighted by Gasteiger charge is 2.23. The zero-order valence-electron chi connectivity index (χ0n) is 13.2. The minimum absolute atomic E-state index is 0.172. The van der Waals surface area contributed by atoms with Crippen LogP contribution in [-0.2, 0) is 21.4 Å². The summed E-state index contributed by atoms with van der Waals surface area (Å²) in [5.74, 6) is -1.05. The third kappa shape index (κ3) is 4.50. The number of hydrogen-bond donors (Lipinski definition) is 1. The molecule has 0 radical (unpaired) electrons. The molecule has 1 aromatic carbocycles. The lowest BCUT2D eigenvalue weighted by atomic mass is 10.2. The Bertz CT molecular complexity index is 815. The van der Waals surface area contributed by atoms with E-state index in [1.807, 2.05) is 0 Å². The van der Waals surface area contributed by atoms with Crippen LogP contribution in [-0.4, -0.2) is 35.3 Å². The lowest BCUT2D eigenvalue weighted by molar-refractivity contribution is -0.131. The van der Waals surface area contributed by atoms with Gasteiger partial charge in [-0.3, -0.25) is 4.98 Å². The number of carbonyl (C=O) groups is 1. The van der Waals surface area contributed by atoms with Crippen LogP contribution in [0.2, 0.25) is 0 Å². The Morgan fingerprint density at radius 1 is 1.17 bits per heavy atom. The van der Waals surface area contributed by atoms with Gasteiger partial charge in [-0.1, -0.05) is 19.1 Å². The van der Waals surface area contributed by atoms with E-state index in [4.69, 9.17) is 5.11 Å². The normalized spacial score (nSPS) is 11.9. The van der Waals surface area contributed by atoms with Crippen molar-refractivity contribution in [2.45, 2.75) is 18.4 Å². The van der Waals surface area contributed by atoms with Crippen LogP contribution in [0.3, 0.4) is 0 Å². The van der Waals surface area contributed by atoms with Gasteiger partial charge in [0.1, 0.15) is 0 Å². The van der Waals surface area contributed by atoms with Gasteiger partial charge < -0.3 is 5.11 Å².